The standard InChI is InChI=1S/C16H22F2N2.ClH/c17-14-7-13(8-15(18)9-14)11-20-5-3-16(4-6-20)19-10-12-1-2-12;/h7-9,12,16,19H,1-6,10-11H2;1H. The number of benzene rings is 1. The maximum atomic E-state index is 13.2. The second-order valence-corrected chi connectivity index (χ2v) is 6.18. The number of likely N-dealkylation sites (tertiary alicyclic amines) is 1. The fraction of sp³-hybridized carbons (Fsp3) is 0.625. The predicted molar refractivity (Wildman–Crippen MR) is 82.6 cm³/mol. The van der Waals surface area contributed by atoms with Gasteiger partial charge in [0, 0.05) is 18.7 Å². The number of hydrogen-bond acceptors (Lipinski definition) is 2. The molecule has 0 amide bonds. The molecule has 0 radical (unpaired) electrons. The highest BCUT2D eigenvalue weighted by atomic mass is 35.5. The van der Waals surface area contributed by atoms with Crippen LogP contribution in [0.5, 0.6) is 0 Å². The molecule has 1 saturated heterocycles. The summed E-state index contributed by atoms with van der Waals surface area (Å²) < 4.78 is 26.3. The first-order chi connectivity index (χ1) is 9.69. The van der Waals surface area contributed by atoms with Crippen molar-refractivity contribution in [2.75, 3.05) is 19.6 Å². The quantitative estimate of drug-likeness (QED) is 0.896. The minimum Gasteiger partial charge on any atom is -0.314 e. The van der Waals surface area contributed by atoms with Crippen LogP contribution in [0.15, 0.2) is 18.2 Å². The maximum Gasteiger partial charge on any atom is 0.126 e. The summed E-state index contributed by atoms with van der Waals surface area (Å²) in [5.41, 5.74) is 0.729. The van der Waals surface area contributed by atoms with Crippen molar-refractivity contribution < 1.29 is 8.78 Å². The molecule has 0 spiro atoms. The Bertz CT molecular complexity index is 437. The van der Waals surface area contributed by atoms with Crippen LogP contribution in [0.1, 0.15) is 31.2 Å². The molecular weight excluding hydrogens is 294 g/mol. The normalized spacial score (nSPS) is 20.3. The minimum absolute atomic E-state index is 0. The van der Waals surface area contributed by atoms with Crippen molar-refractivity contribution in [2.24, 2.45) is 5.92 Å². The van der Waals surface area contributed by atoms with Crippen LogP contribution >= 0.6 is 12.4 Å². The molecule has 2 aliphatic rings. The monoisotopic (exact) mass is 316 g/mol. The van der Waals surface area contributed by atoms with E-state index >= 15 is 0 Å². The molecule has 1 saturated carbocycles. The second-order valence-electron chi connectivity index (χ2n) is 6.18. The molecule has 5 heteroatoms. The fourth-order valence-electron chi connectivity index (χ4n) is 2.91. The summed E-state index contributed by atoms with van der Waals surface area (Å²) in [6.07, 6.45) is 5.03. The number of rotatable bonds is 5. The van der Waals surface area contributed by atoms with Gasteiger partial charge in [-0.2, -0.15) is 0 Å². The largest absolute Gasteiger partial charge is 0.314 e. The van der Waals surface area contributed by atoms with Crippen molar-refractivity contribution in [1.29, 1.82) is 0 Å². The summed E-state index contributed by atoms with van der Waals surface area (Å²) in [7, 11) is 0. The highest BCUT2D eigenvalue weighted by Crippen LogP contribution is 2.28. The highest BCUT2D eigenvalue weighted by Gasteiger charge is 2.24. The molecule has 1 aromatic carbocycles. The molecule has 0 bridgehead atoms. The van der Waals surface area contributed by atoms with Crippen LogP contribution in [0, 0.1) is 17.6 Å². The molecule has 1 N–H and O–H groups in total. The summed E-state index contributed by atoms with van der Waals surface area (Å²) in [5.74, 6) is -0.0507. The van der Waals surface area contributed by atoms with Gasteiger partial charge in [-0.3, -0.25) is 4.90 Å². The van der Waals surface area contributed by atoms with Crippen LogP contribution in [0.4, 0.5) is 8.78 Å². The number of piperidine rings is 1. The van der Waals surface area contributed by atoms with Gasteiger partial charge in [0.15, 0.2) is 0 Å². The van der Waals surface area contributed by atoms with E-state index in [0.717, 1.165) is 43.5 Å². The Morgan fingerprint density at radius 2 is 1.62 bits per heavy atom. The summed E-state index contributed by atoms with van der Waals surface area (Å²) >= 11 is 0. The lowest BCUT2D eigenvalue weighted by Gasteiger charge is -2.32. The van der Waals surface area contributed by atoms with Crippen molar-refractivity contribution in [3.05, 3.63) is 35.4 Å². The lowest BCUT2D eigenvalue weighted by Crippen LogP contribution is -2.42. The van der Waals surface area contributed by atoms with Crippen molar-refractivity contribution >= 4 is 12.4 Å². The van der Waals surface area contributed by atoms with Gasteiger partial charge in [-0.15, -0.1) is 12.4 Å². The van der Waals surface area contributed by atoms with Gasteiger partial charge in [0.25, 0.3) is 0 Å². The molecule has 2 nitrogen and oxygen atoms in total. The molecule has 1 aliphatic heterocycles. The van der Waals surface area contributed by atoms with Gasteiger partial charge in [0.05, 0.1) is 0 Å². The Morgan fingerprint density at radius 3 is 2.19 bits per heavy atom. The molecule has 1 aliphatic carbocycles. The molecule has 1 heterocycles. The van der Waals surface area contributed by atoms with E-state index in [1.165, 1.54) is 31.5 Å². The highest BCUT2D eigenvalue weighted by molar-refractivity contribution is 5.85. The summed E-state index contributed by atoms with van der Waals surface area (Å²) in [6.45, 7) is 3.81. The molecule has 3 rings (SSSR count). The maximum absolute atomic E-state index is 13.2. The van der Waals surface area contributed by atoms with Crippen LogP contribution in [0.2, 0.25) is 0 Å². The van der Waals surface area contributed by atoms with Gasteiger partial charge in [0.2, 0.25) is 0 Å². The number of nitrogens with one attached hydrogen (secondary N) is 1. The number of nitrogens with zero attached hydrogens (tertiary/aromatic N) is 1. The first-order valence-corrected chi connectivity index (χ1v) is 7.60. The molecule has 0 unspecified atom stereocenters. The molecule has 21 heavy (non-hydrogen) atoms. The topological polar surface area (TPSA) is 15.3 Å². The van der Waals surface area contributed by atoms with Crippen molar-refractivity contribution in [3.8, 4) is 0 Å². The smallest absolute Gasteiger partial charge is 0.126 e. The van der Waals surface area contributed by atoms with Crippen LogP contribution < -0.4 is 5.32 Å². The van der Waals surface area contributed by atoms with Crippen LogP contribution in [0.25, 0.3) is 0 Å². The van der Waals surface area contributed by atoms with E-state index < -0.39 is 11.6 Å². The Labute approximate surface area is 131 Å². The van der Waals surface area contributed by atoms with Crippen molar-refractivity contribution in [3.63, 3.8) is 0 Å². The van der Waals surface area contributed by atoms with E-state index in [1.807, 2.05) is 0 Å². The molecule has 0 aromatic heterocycles. The van der Waals surface area contributed by atoms with E-state index in [1.54, 1.807) is 0 Å². The van der Waals surface area contributed by atoms with Gasteiger partial charge >= 0.3 is 0 Å². The molecule has 1 aromatic rings. The summed E-state index contributed by atoms with van der Waals surface area (Å²) in [6, 6.07) is 4.41. The zero-order valence-corrected chi connectivity index (χ0v) is 13.0. The van der Waals surface area contributed by atoms with Gasteiger partial charge < -0.3 is 5.32 Å². The first kappa shape index (κ1) is 16.7. The third-order valence-corrected chi connectivity index (χ3v) is 4.31. The van der Waals surface area contributed by atoms with Crippen molar-refractivity contribution in [2.45, 2.75) is 38.3 Å². The average Bonchev–Trinajstić information content (AvgIpc) is 3.21. The van der Waals surface area contributed by atoms with E-state index in [-0.39, 0.29) is 12.4 Å². The Kier molecular flexibility index (Phi) is 5.97. The lowest BCUT2D eigenvalue weighted by atomic mass is 10.0. The Morgan fingerprint density at radius 1 is 1.00 bits per heavy atom. The van der Waals surface area contributed by atoms with E-state index in [0.29, 0.717) is 12.6 Å². The zero-order valence-electron chi connectivity index (χ0n) is 12.2. The zero-order chi connectivity index (χ0) is 13.9. The lowest BCUT2D eigenvalue weighted by molar-refractivity contribution is 0.190. The van der Waals surface area contributed by atoms with Gasteiger partial charge in [-0.1, -0.05) is 0 Å². The number of halogens is 3. The van der Waals surface area contributed by atoms with Crippen LogP contribution in [-0.2, 0) is 6.54 Å². The Balaban J connectivity index is 0.00000161. The van der Waals surface area contributed by atoms with Crippen molar-refractivity contribution in [1.82, 2.24) is 10.2 Å². The minimum atomic E-state index is -0.485. The van der Waals surface area contributed by atoms with Gasteiger partial charge in [-0.05, 0) is 68.9 Å². The van der Waals surface area contributed by atoms with Crippen LogP contribution in [-0.4, -0.2) is 30.6 Å². The average molecular weight is 317 g/mol. The van der Waals surface area contributed by atoms with Gasteiger partial charge in [0.1, 0.15) is 11.6 Å². The third-order valence-electron chi connectivity index (χ3n) is 4.31. The SMILES string of the molecule is Cl.Fc1cc(F)cc(CN2CCC(NCC3CC3)CC2)c1. The van der Waals surface area contributed by atoms with E-state index in [9.17, 15) is 8.78 Å². The Hall–Kier alpha value is -0.710. The molecule has 0 atom stereocenters. The summed E-state index contributed by atoms with van der Waals surface area (Å²) in [4.78, 5) is 2.28. The number of hydrogen-bond donors (Lipinski definition) is 1. The third kappa shape index (κ3) is 5.20. The molecule has 2 fully saturated rings. The van der Waals surface area contributed by atoms with Gasteiger partial charge in [-0.25, -0.2) is 8.78 Å². The first-order valence-electron chi connectivity index (χ1n) is 7.60. The van der Waals surface area contributed by atoms with E-state index in [2.05, 4.69) is 10.2 Å². The fourth-order valence-corrected chi connectivity index (χ4v) is 2.91. The molecular formula is C16H23ClF2N2. The van der Waals surface area contributed by atoms with E-state index in [4.69, 9.17) is 0 Å². The predicted octanol–water partition coefficient (Wildman–Crippen LogP) is 3.35. The second kappa shape index (κ2) is 7.52. The summed E-state index contributed by atoms with van der Waals surface area (Å²) in [5, 5.41) is 3.64. The van der Waals surface area contributed by atoms with Crippen LogP contribution in [0.3, 0.4) is 0 Å². The molecule has 118 valence electrons.